The van der Waals surface area contributed by atoms with Crippen LogP contribution in [0.5, 0.6) is 0 Å². The molecule has 0 saturated carbocycles. The first kappa shape index (κ1) is 13.1. The summed E-state index contributed by atoms with van der Waals surface area (Å²) in [7, 11) is 4.00. The summed E-state index contributed by atoms with van der Waals surface area (Å²) in [6.45, 7) is 2.88. The Morgan fingerprint density at radius 1 is 1.56 bits per heavy atom. The van der Waals surface area contributed by atoms with E-state index in [9.17, 15) is 4.79 Å². The lowest BCUT2D eigenvalue weighted by Crippen LogP contribution is -2.12. The van der Waals surface area contributed by atoms with Crippen LogP contribution in [0.2, 0.25) is 0 Å². The molecule has 90 valence electrons. The van der Waals surface area contributed by atoms with Crippen molar-refractivity contribution in [2.45, 2.75) is 32.7 Å². The number of amides is 1. The van der Waals surface area contributed by atoms with Crippen molar-refractivity contribution in [3.8, 4) is 0 Å². The fourth-order valence-electron chi connectivity index (χ4n) is 1.28. The van der Waals surface area contributed by atoms with Crippen molar-refractivity contribution in [1.82, 2.24) is 9.88 Å². The van der Waals surface area contributed by atoms with E-state index >= 15 is 0 Å². The number of nitrogens with zero attached hydrogens (tertiary/aromatic N) is 2. The van der Waals surface area contributed by atoms with E-state index in [1.807, 2.05) is 19.5 Å². The van der Waals surface area contributed by atoms with Crippen molar-refractivity contribution in [1.29, 1.82) is 0 Å². The molecule has 0 unspecified atom stereocenters. The molecule has 1 aromatic rings. The summed E-state index contributed by atoms with van der Waals surface area (Å²) in [4.78, 5) is 17.8. The van der Waals surface area contributed by atoms with Crippen LogP contribution in [0.1, 0.15) is 31.9 Å². The van der Waals surface area contributed by atoms with Gasteiger partial charge in [-0.3, -0.25) is 4.79 Å². The Bertz CT molecular complexity index is 336. The molecule has 1 N–H and O–H groups in total. The van der Waals surface area contributed by atoms with Crippen molar-refractivity contribution in [2.24, 2.45) is 0 Å². The minimum absolute atomic E-state index is 0.0626. The van der Waals surface area contributed by atoms with E-state index < -0.39 is 0 Å². The lowest BCUT2D eigenvalue weighted by molar-refractivity contribution is -0.116. The number of carbonyl (C=O) groups excluding carboxylic acids is 1. The van der Waals surface area contributed by atoms with Crippen molar-refractivity contribution in [3.05, 3.63) is 11.1 Å². The van der Waals surface area contributed by atoms with Gasteiger partial charge in [-0.1, -0.05) is 13.3 Å². The van der Waals surface area contributed by atoms with Crippen molar-refractivity contribution < 1.29 is 4.79 Å². The topological polar surface area (TPSA) is 45.2 Å². The summed E-state index contributed by atoms with van der Waals surface area (Å²) in [6, 6.07) is 0. The maximum Gasteiger partial charge on any atom is 0.226 e. The highest BCUT2D eigenvalue weighted by molar-refractivity contribution is 7.13. The van der Waals surface area contributed by atoms with Crippen LogP contribution < -0.4 is 5.32 Å². The molecule has 4 nitrogen and oxygen atoms in total. The van der Waals surface area contributed by atoms with E-state index in [1.54, 1.807) is 0 Å². The minimum Gasteiger partial charge on any atom is -0.304 e. The van der Waals surface area contributed by atoms with Gasteiger partial charge in [0.15, 0.2) is 5.13 Å². The molecule has 1 heterocycles. The zero-order valence-electron chi connectivity index (χ0n) is 10.1. The number of nitrogens with one attached hydrogen (secondary N) is 1. The molecule has 0 radical (unpaired) electrons. The predicted molar refractivity (Wildman–Crippen MR) is 67.7 cm³/mol. The van der Waals surface area contributed by atoms with Gasteiger partial charge in [0, 0.05) is 18.3 Å². The Morgan fingerprint density at radius 2 is 2.31 bits per heavy atom. The number of hydrogen-bond acceptors (Lipinski definition) is 4. The van der Waals surface area contributed by atoms with Gasteiger partial charge in [-0.2, -0.15) is 0 Å². The molecule has 0 aliphatic rings. The van der Waals surface area contributed by atoms with E-state index in [0.717, 1.165) is 25.1 Å². The Balaban J connectivity index is 2.42. The largest absolute Gasteiger partial charge is 0.304 e. The minimum atomic E-state index is 0.0626. The highest BCUT2D eigenvalue weighted by Gasteiger charge is 2.06. The average Bonchev–Trinajstić information content (AvgIpc) is 2.61. The number of carbonyl (C=O) groups is 1. The van der Waals surface area contributed by atoms with E-state index in [1.165, 1.54) is 11.3 Å². The maximum atomic E-state index is 11.4. The predicted octanol–water partition coefficient (Wildman–Crippen LogP) is 2.33. The Kier molecular flexibility index (Phi) is 5.42. The van der Waals surface area contributed by atoms with Crippen LogP contribution in [0.3, 0.4) is 0 Å². The second-order valence-corrected chi connectivity index (χ2v) is 4.89. The molecule has 0 bridgehead atoms. The van der Waals surface area contributed by atoms with Crippen LogP contribution in [-0.4, -0.2) is 29.9 Å². The summed E-state index contributed by atoms with van der Waals surface area (Å²) in [5.41, 5.74) is 1.00. The third-order valence-electron chi connectivity index (χ3n) is 2.03. The molecule has 0 atom stereocenters. The van der Waals surface area contributed by atoms with Crippen LogP contribution >= 0.6 is 11.3 Å². The zero-order valence-corrected chi connectivity index (χ0v) is 10.9. The first-order chi connectivity index (χ1) is 7.61. The van der Waals surface area contributed by atoms with Crippen LogP contribution in [0.4, 0.5) is 5.13 Å². The number of anilines is 1. The number of thiazole rings is 1. The zero-order chi connectivity index (χ0) is 12.0. The summed E-state index contributed by atoms with van der Waals surface area (Å²) >= 11 is 1.48. The number of rotatable bonds is 6. The third-order valence-corrected chi connectivity index (χ3v) is 2.84. The highest BCUT2D eigenvalue weighted by atomic mass is 32.1. The normalized spacial score (nSPS) is 10.8. The van der Waals surface area contributed by atoms with Gasteiger partial charge in [0.2, 0.25) is 5.91 Å². The van der Waals surface area contributed by atoms with Gasteiger partial charge >= 0.3 is 0 Å². The lowest BCUT2D eigenvalue weighted by Gasteiger charge is -2.05. The monoisotopic (exact) mass is 241 g/mol. The van der Waals surface area contributed by atoms with E-state index in [0.29, 0.717) is 11.6 Å². The number of unbranched alkanes of at least 4 members (excludes halogenated alkanes) is 1. The van der Waals surface area contributed by atoms with E-state index in [-0.39, 0.29) is 5.91 Å². The Hall–Kier alpha value is -0.940. The Labute approximate surface area is 101 Å². The molecular weight excluding hydrogens is 222 g/mol. The van der Waals surface area contributed by atoms with Crippen LogP contribution in [0.15, 0.2) is 5.38 Å². The summed E-state index contributed by atoms with van der Waals surface area (Å²) in [6.07, 6.45) is 2.55. The molecule has 0 fully saturated rings. The molecule has 1 aromatic heterocycles. The average molecular weight is 241 g/mol. The lowest BCUT2D eigenvalue weighted by atomic mass is 10.2. The number of hydrogen-bond donors (Lipinski definition) is 1. The number of aromatic nitrogens is 1. The van der Waals surface area contributed by atoms with Gasteiger partial charge < -0.3 is 10.2 Å². The molecule has 1 amide bonds. The fourth-order valence-corrected chi connectivity index (χ4v) is 2.00. The molecule has 16 heavy (non-hydrogen) atoms. The van der Waals surface area contributed by atoms with E-state index in [4.69, 9.17) is 0 Å². The fraction of sp³-hybridized carbons (Fsp3) is 0.636. The molecule has 0 aromatic carbocycles. The van der Waals surface area contributed by atoms with Gasteiger partial charge in [-0.05, 0) is 20.5 Å². The third kappa shape index (κ3) is 4.72. The molecule has 1 rings (SSSR count). The quantitative estimate of drug-likeness (QED) is 0.831. The second kappa shape index (κ2) is 6.60. The summed E-state index contributed by atoms with van der Waals surface area (Å²) in [5.74, 6) is 0.0626. The van der Waals surface area contributed by atoms with Crippen molar-refractivity contribution >= 4 is 22.4 Å². The van der Waals surface area contributed by atoms with Gasteiger partial charge in [0.1, 0.15) is 0 Å². The Morgan fingerprint density at radius 3 is 2.94 bits per heavy atom. The molecule has 0 saturated heterocycles. The van der Waals surface area contributed by atoms with Gasteiger partial charge in [0.25, 0.3) is 0 Å². The van der Waals surface area contributed by atoms with Crippen LogP contribution in [0, 0.1) is 0 Å². The molecule has 0 spiro atoms. The van der Waals surface area contributed by atoms with Crippen LogP contribution in [0.25, 0.3) is 0 Å². The molecular formula is C11H19N3OS. The summed E-state index contributed by atoms with van der Waals surface area (Å²) in [5, 5.41) is 5.51. The van der Waals surface area contributed by atoms with E-state index in [2.05, 4.69) is 22.1 Å². The standard InChI is InChI=1S/C11H19N3OS/c1-4-5-6-10(15)13-11-12-9(8-16-11)7-14(2)3/h8H,4-7H2,1-3H3,(H,12,13,15). The van der Waals surface area contributed by atoms with Crippen LogP contribution in [-0.2, 0) is 11.3 Å². The van der Waals surface area contributed by atoms with Crippen molar-refractivity contribution in [2.75, 3.05) is 19.4 Å². The first-order valence-electron chi connectivity index (χ1n) is 5.50. The molecule has 0 aliphatic heterocycles. The second-order valence-electron chi connectivity index (χ2n) is 4.03. The highest BCUT2D eigenvalue weighted by Crippen LogP contribution is 2.16. The van der Waals surface area contributed by atoms with Gasteiger partial charge in [0.05, 0.1) is 5.69 Å². The molecule has 0 aliphatic carbocycles. The maximum absolute atomic E-state index is 11.4. The first-order valence-corrected chi connectivity index (χ1v) is 6.38. The SMILES string of the molecule is CCCCC(=O)Nc1nc(CN(C)C)cs1. The summed E-state index contributed by atoms with van der Waals surface area (Å²) < 4.78 is 0. The van der Waals surface area contributed by atoms with Gasteiger partial charge in [-0.25, -0.2) is 4.98 Å². The smallest absolute Gasteiger partial charge is 0.226 e. The van der Waals surface area contributed by atoms with Crippen molar-refractivity contribution in [3.63, 3.8) is 0 Å². The van der Waals surface area contributed by atoms with Gasteiger partial charge in [-0.15, -0.1) is 11.3 Å². The molecule has 5 heteroatoms.